The molecule has 0 heterocycles. The van der Waals surface area contributed by atoms with Gasteiger partial charge in [-0.2, -0.15) is 0 Å². The number of hydrogen-bond acceptors (Lipinski definition) is 14. The minimum atomic E-state index is -1.91. The van der Waals surface area contributed by atoms with Gasteiger partial charge in [0.2, 0.25) is 41.4 Å². The van der Waals surface area contributed by atoms with E-state index in [2.05, 4.69) is 31.9 Å². The van der Waals surface area contributed by atoms with Crippen molar-refractivity contribution < 1.29 is 73.8 Å². The second-order valence-electron chi connectivity index (χ2n) is 14.1. The van der Waals surface area contributed by atoms with Crippen molar-refractivity contribution >= 4 is 53.3 Å². The molecular formula is C40H48N8O15. The molecule has 338 valence electrons. The molecule has 0 bridgehead atoms. The maximum Gasteiger partial charge on any atom is 0.326 e. The molecule has 23 nitrogen and oxygen atoms in total. The molecule has 0 saturated heterocycles. The molecule has 0 aromatic heterocycles. The molecule has 0 spiro atoms. The summed E-state index contributed by atoms with van der Waals surface area (Å²) in [4.78, 5) is 115. The first-order valence-electron chi connectivity index (χ1n) is 19.0. The Morgan fingerprint density at radius 2 is 0.857 bits per heavy atom. The van der Waals surface area contributed by atoms with Gasteiger partial charge in [-0.3, -0.25) is 38.4 Å². The van der Waals surface area contributed by atoms with E-state index in [1.54, 1.807) is 0 Å². The summed E-state index contributed by atoms with van der Waals surface area (Å²) in [5.74, 6) is -11.0. The minimum Gasteiger partial charge on any atom is -0.508 e. The van der Waals surface area contributed by atoms with Crippen LogP contribution in [0.2, 0.25) is 0 Å². The van der Waals surface area contributed by atoms with Gasteiger partial charge in [0.25, 0.3) is 0 Å². The number of aliphatic hydroxyl groups is 1. The van der Waals surface area contributed by atoms with E-state index >= 15 is 0 Å². The van der Waals surface area contributed by atoms with Crippen LogP contribution in [0.15, 0.2) is 72.8 Å². The van der Waals surface area contributed by atoms with Crippen molar-refractivity contribution in [2.24, 2.45) is 11.5 Å². The highest BCUT2D eigenvalue weighted by Crippen LogP contribution is 2.15. The standard InChI is InChI=1S/C40H48N8O15/c41-26(19-49)35(57)45-27(13-20-1-7-23(50)8-2-20)36(58)43-18-33(54)44-29(16-32(42)53)38(60)46-28(14-21-3-9-24(51)10-4-21)37(59)47-30(17-34(55)56)39(61)48-31(40(62)63)15-22-5-11-25(52)12-6-22/h1-12,26-31,49-52H,13-19,41H2,(H2,42,53)(H,43,58)(H,44,54)(H,45,57)(H,46,60)(H,47,59)(H,48,61)(H,55,56)(H,62,63)/t26-,27-,28-,29-,30-,31-/m0/s1. The molecule has 3 aromatic carbocycles. The predicted octanol–water partition coefficient (Wildman–Crippen LogP) is -3.87. The number of primary amides is 1. The maximum atomic E-state index is 13.8. The molecule has 7 amide bonds. The van der Waals surface area contributed by atoms with Crippen molar-refractivity contribution in [3.63, 3.8) is 0 Å². The first-order chi connectivity index (χ1) is 29.7. The lowest BCUT2D eigenvalue weighted by Gasteiger charge is -2.25. The molecule has 0 aliphatic rings. The van der Waals surface area contributed by atoms with E-state index in [4.69, 9.17) is 11.5 Å². The molecule has 0 aliphatic heterocycles. The van der Waals surface area contributed by atoms with Crippen LogP contribution in [0.25, 0.3) is 0 Å². The maximum absolute atomic E-state index is 13.8. The number of nitrogens with two attached hydrogens (primary N) is 2. The summed E-state index contributed by atoms with van der Waals surface area (Å²) >= 11 is 0. The van der Waals surface area contributed by atoms with Gasteiger partial charge in [0.15, 0.2) is 0 Å². The van der Waals surface area contributed by atoms with Crippen LogP contribution in [0, 0.1) is 0 Å². The number of aromatic hydroxyl groups is 3. The normalized spacial score (nSPS) is 13.6. The Balaban J connectivity index is 1.80. The highest BCUT2D eigenvalue weighted by atomic mass is 16.4. The third-order valence-corrected chi connectivity index (χ3v) is 9.03. The average molecular weight is 881 g/mol. The Morgan fingerprint density at radius 1 is 0.492 bits per heavy atom. The SMILES string of the molecule is NC(=O)C[C@H](NC(=O)CNC(=O)[C@H](Cc1ccc(O)cc1)NC(=O)[C@@H](N)CO)C(=O)N[C@@H](Cc1ccc(O)cc1)C(=O)N[C@@H](CC(=O)O)C(=O)N[C@@H](Cc1ccc(O)cc1)C(=O)O. The molecule has 0 fully saturated rings. The third kappa shape index (κ3) is 17.0. The summed E-state index contributed by atoms with van der Waals surface area (Å²) in [6.07, 6.45) is -2.76. The largest absolute Gasteiger partial charge is 0.508 e. The number of carboxylic acids is 2. The van der Waals surface area contributed by atoms with E-state index in [0.29, 0.717) is 16.7 Å². The number of benzene rings is 3. The van der Waals surface area contributed by atoms with E-state index in [9.17, 15) is 73.8 Å². The Hall–Kier alpha value is -7.79. The lowest BCUT2D eigenvalue weighted by molar-refractivity contribution is -0.143. The van der Waals surface area contributed by atoms with Crippen molar-refractivity contribution in [3.05, 3.63) is 89.5 Å². The molecule has 3 aromatic rings. The number of nitrogens with one attached hydrogen (secondary N) is 6. The summed E-state index contributed by atoms with van der Waals surface area (Å²) in [5, 5.41) is 71.1. The zero-order chi connectivity index (χ0) is 46.8. The van der Waals surface area contributed by atoms with Crippen LogP contribution in [-0.2, 0) is 62.4 Å². The van der Waals surface area contributed by atoms with Gasteiger partial charge in [-0.15, -0.1) is 0 Å². The lowest BCUT2D eigenvalue weighted by Crippen LogP contribution is -2.59. The Morgan fingerprint density at radius 3 is 1.27 bits per heavy atom. The van der Waals surface area contributed by atoms with Crippen LogP contribution >= 0.6 is 0 Å². The van der Waals surface area contributed by atoms with Gasteiger partial charge in [-0.05, 0) is 53.1 Å². The van der Waals surface area contributed by atoms with Gasteiger partial charge in [-0.25, -0.2) is 4.79 Å². The number of hydrogen-bond donors (Lipinski definition) is 14. The quantitative estimate of drug-likeness (QED) is 0.0409. The van der Waals surface area contributed by atoms with Crippen LogP contribution in [0.1, 0.15) is 29.5 Å². The smallest absolute Gasteiger partial charge is 0.326 e. The summed E-state index contributed by atoms with van der Waals surface area (Å²) < 4.78 is 0. The third-order valence-electron chi connectivity index (χ3n) is 9.03. The predicted molar refractivity (Wildman–Crippen MR) is 217 cm³/mol. The molecule has 0 aliphatic carbocycles. The average Bonchev–Trinajstić information content (AvgIpc) is 3.22. The Labute approximate surface area is 358 Å². The van der Waals surface area contributed by atoms with Crippen LogP contribution < -0.4 is 43.4 Å². The van der Waals surface area contributed by atoms with E-state index in [1.807, 2.05) is 0 Å². The monoisotopic (exact) mass is 880 g/mol. The molecule has 0 radical (unpaired) electrons. The van der Waals surface area contributed by atoms with Crippen LogP contribution in [-0.4, -0.2) is 133 Å². The second kappa shape index (κ2) is 23.9. The van der Waals surface area contributed by atoms with Gasteiger partial charge in [0.05, 0.1) is 26.0 Å². The zero-order valence-corrected chi connectivity index (χ0v) is 33.4. The van der Waals surface area contributed by atoms with Crippen molar-refractivity contribution in [3.8, 4) is 17.2 Å². The molecule has 63 heavy (non-hydrogen) atoms. The van der Waals surface area contributed by atoms with Gasteiger partial charge < -0.3 is 74.0 Å². The van der Waals surface area contributed by atoms with Gasteiger partial charge in [-0.1, -0.05) is 36.4 Å². The van der Waals surface area contributed by atoms with Crippen LogP contribution in [0.3, 0.4) is 0 Å². The summed E-state index contributed by atoms with van der Waals surface area (Å²) in [6, 6.07) is 6.35. The summed E-state index contributed by atoms with van der Waals surface area (Å²) in [5.41, 5.74) is 12.1. The topological polar surface area (TPSA) is 399 Å². The fraction of sp³-hybridized carbons (Fsp3) is 0.325. The first kappa shape index (κ1) is 49.6. The van der Waals surface area contributed by atoms with Crippen molar-refractivity contribution in [1.82, 2.24) is 31.9 Å². The number of rotatable bonds is 24. The number of aliphatic hydroxyl groups excluding tert-OH is 1. The number of phenolic OH excluding ortho intramolecular Hbond substituents is 3. The molecule has 0 unspecified atom stereocenters. The van der Waals surface area contributed by atoms with E-state index in [0.717, 1.165) is 0 Å². The van der Waals surface area contributed by atoms with E-state index in [1.165, 1.54) is 72.8 Å². The molecule has 3 rings (SSSR count). The number of carbonyl (C=O) groups is 9. The van der Waals surface area contributed by atoms with Crippen molar-refractivity contribution in [2.45, 2.75) is 68.4 Å². The number of amides is 7. The fourth-order valence-corrected chi connectivity index (χ4v) is 5.73. The molecule has 23 heteroatoms. The Bertz CT molecular complexity index is 2120. The zero-order valence-electron chi connectivity index (χ0n) is 33.4. The van der Waals surface area contributed by atoms with Gasteiger partial charge >= 0.3 is 11.9 Å². The summed E-state index contributed by atoms with van der Waals surface area (Å²) in [6.45, 7) is -1.60. The van der Waals surface area contributed by atoms with Crippen LogP contribution in [0.4, 0.5) is 0 Å². The van der Waals surface area contributed by atoms with Crippen molar-refractivity contribution in [1.29, 1.82) is 0 Å². The molecular weight excluding hydrogens is 832 g/mol. The van der Waals surface area contributed by atoms with Crippen LogP contribution in [0.5, 0.6) is 17.2 Å². The number of carbonyl (C=O) groups excluding carboxylic acids is 7. The highest BCUT2D eigenvalue weighted by Gasteiger charge is 2.33. The number of phenols is 3. The molecule has 16 N–H and O–H groups in total. The summed E-state index contributed by atoms with van der Waals surface area (Å²) in [7, 11) is 0. The Kier molecular flexibility index (Phi) is 18.8. The second-order valence-corrected chi connectivity index (χ2v) is 14.1. The minimum absolute atomic E-state index is 0.0793. The van der Waals surface area contributed by atoms with E-state index < -0.39 is 116 Å². The number of aliphatic carboxylic acids is 2. The van der Waals surface area contributed by atoms with Gasteiger partial charge in [0, 0.05) is 19.3 Å². The molecule has 0 saturated carbocycles. The van der Waals surface area contributed by atoms with Crippen molar-refractivity contribution in [2.75, 3.05) is 13.2 Å². The van der Waals surface area contributed by atoms with Gasteiger partial charge in [0.1, 0.15) is 53.5 Å². The number of carboxylic acid groups (broad SMARTS) is 2. The highest BCUT2D eigenvalue weighted by molar-refractivity contribution is 5.98. The first-order valence-corrected chi connectivity index (χ1v) is 19.0. The van der Waals surface area contributed by atoms with E-state index in [-0.39, 0.29) is 36.5 Å². The lowest BCUT2D eigenvalue weighted by atomic mass is 10.0. The molecule has 6 atom stereocenters. The fourth-order valence-electron chi connectivity index (χ4n) is 5.73.